The highest BCUT2D eigenvalue weighted by atomic mass is 32.1. The summed E-state index contributed by atoms with van der Waals surface area (Å²) in [6.45, 7) is 2.03. The number of thiophene rings is 1. The zero-order valence-electron chi connectivity index (χ0n) is 21.1. The highest BCUT2D eigenvalue weighted by Gasteiger charge is 2.22. The van der Waals surface area contributed by atoms with Crippen molar-refractivity contribution in [3.63, 3.8) is 0 Å². The molecule has 0 bridgehead atoms. The number of nitrogens with two attached hydrogens (primary N) is 1. The third-order valence-corrected chi connectivity index (χ3v) is 8.27. The first kappa shape index (κ1) is 25.4. The number of anilines is 2. The van der Waals surface area contributed by atoms with Crippen LogP contribution in [0.1, 0.15) is 15.2 Å². The Balaban J connectivity index is 1.38. The second-order valence-electron chi connectivity index (χ2n) is 9.11. The van der Waals surface area contributed by atoms with E-state index in [1.54, 1.807) is 17.5 Å². The Hall–Kier alpha value is -4.93. The van der Waals surface area contributed by atoms with Crippen molar-refractivity contribution in [2.24, 2.45) is 0 Å². The van der Waals surface area contributed by atoms with Crippen LogP contribution in [0, 0.1) is 17.0 Å². The van der Waals surface area contributed by atoms with Gasteiger partial charge >= 0.3 is 0 Å². The van der Waals surface area contributed by atoms with Crippen molar-refractivity contribution in [2.75, 3.05) is 11.1 Å². The molecular formula is C30H21N5O3S2. The smallest absolute Gasteiger partial charge is 0.270 e. The molecule has 8 nitrogen and oxygen atoms in total. The summed E-state index contributed by atoms with van der Waals surface area (Å²) >= 11 is 2.46. The quantitative estimate of drug-likeness (QED) is 0.157. The SMILES string of the molecule is Cc1ccc(-c2cc(-c3ccccc3)nc3sc(C(=O)Nc4nc(-c5cccc([N+](=O)[O-])c5)cs4)c(N)c23)cc1. The monoisotopic (exact) mass is 563 g/mol. The van der Waals surface area contributed by atoms with Gasteiger partial charge in [-0.3, -0.25) is 20.2 Å². The number of nitrogens with zero attached hydrogens (tertiary/aromatic N) is 3. The number of non-ortho nitro benzene ring substituents is 1. The van der Waals surface area contributed by atoms with Gasteiger partial charge in [-0.15, -0.1) is 22.7 Å². The molecule has 0 saturated carbocycles. The summed E-state index contributed by atoms with van der Waals surface area (Å²) in [6.07, 6.45) is 0. The van der Waals surface area contributed by atoms with Crippen LogP contribution in [0.2, 0.25) is 0 Å². The summed E-state index contributed by atoms with van der Waals surface area (Å²) in [5, 5.41) is 16.8. The Kier molecular flexibility index (Phi) is 6.54. The fourth-order valence-corrected chi connectivity index (χ4v) is 6.13. The van der Waals surface area contributed by atoms with Crippen molar-refractivity contribution >= 4 is 55.3 Å². The Morgan fingerprint density at radius 3 is 2.40 bits per heavy atom. The maximum absolute atomic E-state index is 13.4. The van der Waals surface area contributed by atoms with Crippen LogP contribution in [0.5, 0.6) is 0 Å². The van der Waals surface area contributed by atoms with Crippen molar-refractivity contribution in [3.8, 4) is 33.6 Å². The van der Waals surface area contributed by atoms with E-state index >= 15 is 0 Å². The molecule has 0 radical (unpaired) electrons. The van der Waals surface area contributed by atoms with Gasteiger partial charge in [-0.2, -0.15) is 0 Å². The summed E-state index contributed by atoms with van der Waals surface area (Å²) in [5.41, 5.74) is 12.9. The lowest BCUT2D eigenvalue weighted by molar-refractivity contribution is -0.384. The van der Waals surface area contributed by atoms with E-state index in [0.29, 0.717) is 31.8 Å². The molecular weight excluding hydrogens is 542 g/mol. The third-order valence-electron chi connectivity index (χ3n) is 6.41. The molecule has 3 N–H and O–H groups in total. The number of pyridine rings is 1. The topological polar surface area (TPSA) is 124 Å². The molecule has 0 atom stereocenters. The molecule has 3 aromatic heterocycles. The summed E-state index contributed by atoms with van der Waals surface area (Å²) in [7, 11) is 0. The molecule has 40 heavy (non-hydrogen) atoms. The Morgan fingerprint density at radius 2 is 1.65 bits per heavy atom. The molecule has 3 aromatic carbocycles. The van der Waals surface area contributed by atoms with Crippen LogP contribution in [-0.4, -0.2) is 20.8 Å². The zero-order valence-corrected chi connectivity index (χ0v) is 22.8. The number of nitrogens with one attached hydrogen (secondary N) is 1. The van der Waals surface area contributed by atoms with Crippen LogP contribution in [0.3, 0.4) is 0 Å². The van der Waals surface area contributed by atoms with Crippen LogP contribution < -0.4 is 11.1 Å². The van der Waals surface area contributed by atoms with Gasteiger partial charge in [0.1, 0.15) is 9.71 Å². The van der Waals surface area contributed by atoms with Gasteiger partial charge in [0.2, 0.25) is 0 Å². The fraction of sp³-hybridized carbons (Fsp3) is 0.0333. The van der Waals surface area contributed by atoms with Crippen LogP contribution in [0.25, 0.3) is 43.9 Å². The van der Waals surface area contributed by atoms with E-state index in [1.807, 2.05) is 67.6 Å². The normalized spacial score (nSPS) is 11.0. The van der Waals surface area contributed by atoms with E-state index in [-0.39, 0.29) is 5.69 Å². The Bertz CT molecular complexity index is 1900. The summed E-state index contributed by atoms with van der Waals surface area (Å²) in [6, 6.07) is 26.3. The lowest BCUT2D eigenvalue weighted by atomic mass is 9.99. The van der Waals surface area contributed by atoms with Gasteiger partial charge in [-0.25, -0.2) is 9.97 Å². The molecule has 0 aliphatic rings. The van der Waals surface area contributed by atoms with Crippen LogP contribution in [0.4, 0.5) is 16.5 Å². The summed E-state index contributed by atoms with van der Waals surface area (Å²) < 4.78 is 0. The van der Waals surface area contributed by atoms with Gasteiger partial charge in [0.25, 0.3) is 11.6 Å². The molecule has 6 aromatic rings. The molecule has 0 aliphatic carbocycles. The van der Waals surface area contributed by atoms with E-state index in [0.717, 1.165) is 33.3 Å². The van der Waals surface area contributed by atoms with Crippen molar-refractivity contribution in [1.29, 1.82) is 0 Å². The van der Waals surface area contributed by atoms with Gasteiger partial charge in [0.15, 0.2) is 5.13 Å². The number of nitro benzene ring substituents is 1. The lowest BCUT2D eigenvalue weighted by Gasteiger charge is -2.09. The van der Waals surface area contributed by atoms with Gasteiger partial charge in [0, 0.05) is 34.0 Å². The molecule has 1 amide bonds. The Labute approximate surface area is 236 Å². The van der Waals surface area contributed by atoms with Crippen LogP contribution in [-0.2, 0) is 0 Å². The van der Waals surface area contributed by atoms with E-state index in [4.69, 9.17) is 10.7 Å². The second-order valence-corrected chi connectivity index (χ2v) is 11.0. The van der Waals surface area contributed by atoms with E-state index in [9.17, 15) is 14.9 Å². The van der Waals surface area contributed by atoms with Crippen molar-refractivity contribution in [2.45, 2.75) is 6.92 Å². The second kappa shape index (κ2) is 10.3. The van der Waals surface area contributed by atoms with E-state index in [2.05, 4.69) is 10.3 Å². The number of hydrogen-bond donors (Lipinski definition) is 2. The predicted molar refractivity (Wildman–Crippen MR) is 162 cm³/mol. The fourth-order valence-electron chi connectivity index (χ4n) is 4.40. The molecule has 0 saturated heterocycles. The molecule has 10 heteroatoms. The minimum absolute atomic E-state index is 0.0270. The number of carbonyl (C=O) groups is 1. The number of carbonyl (C=O) groups excluding carboxylic acids is 1. The molecule has 6 rings (SSSR count). The van der Waals surface area contributed by atoms with Crippen molar-refractivity contribution in [3.05, 3.63) is 111 Å². The van der Waals surface area contributed by atoms with Gasteiger partial charge < -0.3 is 5.73 Å². The first-order chi connectivity index (χ1) is 19.4. The average molecular weight is 564 g/mol. The minimum Gasteiger partial charge on any atom is -0.397 e. The number of aromatic nitrogens is 2. The maximum Gasteiger partial charge on any atom is 0.270 e. The van der Waals surface area contributed by atoms with Crippen LogP contribution in [0.15, 0.2) is 90.3 Å². The molecule has 0 unspecified atom stereocenters. The number of thiazole rings is 1. The largest absolute Gasteiger partial charge is 0.397 e. The van der Waals surface area contributed by atoms with Gasteiger partial charge in [0.05, 0.1) is 22.0 Å². The number of fused-ring (bicyclic) bond motifs is 1. The van der Waals surface area contributed by atoms with Crippen molar-refractivity contribution < 1.29 is 9.72 Å². The predicted octanol–water partition coefficient (Wildman–Crippen LogP) is 7.80. The highest BCUT2D eigenvalue weighted by Crippen LogP contribution is 2.42. The summed E-state index contributed by atoms with van der Waals surface area (Å²) in [4.78, 5) is 34.5. The third kappa shape index (κ3) is 4.81. The number of rotatable bonds is 6. The number of amides is 1. The van der Waals surface area contributed by atoms with Gasteiger partial charge in [-0.1, -0.05) is 72.3 Å². The van der Waals surface area contributed by atoms with Gasteiger partial charge in [-0.05, 0) is 24.1 Å². The number of aryl methyl sites for hydroxylation is 1. The highest BCUT2D eigenvalue weighted by molar-refractivity contribution is 7.21. The molecule has 196 valence electrons. The molecule has 0 aliphatic heterocycles. The van der Waals surface area contributed by atoms with Crippen LogP contribution >= 0.6 is 22.7 Å². The number of benzene rings is 3. The Morgan fingerprint density at radius 1 is 0.900 bits per heavy atom. The van der Waals surface area contributed by atoms with E-state index in [1.165, 1.54) is 34.8 Å². The zero-order chi connectivity index (χ0) is 27.8. The maximum atomic E-state index is 13.4. The molecule has 3 heterocycles. The van der Waals surface area contributed by atoms with E-state index < -0.39 is 10.8 Å². The van der Waals surface area contributed by atoms with Crippen molar-refractivity contribution in [1.82, 2.24) is 9.97 Å². The number of hydrogen-bond acceptors (Lipinski definition) is 8. The lowest BCUT2D eigenvalue weighted by Crippen LogP contribution is -2.11. The number of nitro groups is 1. The molecule has 0 spiro atoms. The number of nitrogen functional groups attached to an aromatic ring is 1. The minimum atomic E-state index is -0.453. The average Bonchev–Trinajstić information content (AvgIpc) is 3.58. The first-order valence-electron chi connectivity index (χ1n) is 12.2. The molecule has 0 fully saturated rings. The standard InChI is InChI=1S/C30H21N5O3S2/c1-17-10-12-18(13-11-17)22-15-23(19-6-3-2-4-7-19)32-29-25(22)26(31)27(40-29)28(36)34-30-33-24(16-39-30)20-8-5-9-21(14-20)35(37)38/h2-16H,31H2,1H3,(H,33,34,36). The summed E-state index contributed by atoms with van der Waals surface area (Å²) in [5.74, 6) is -0.392. The first-order valence-corrected chi connectivity index (χ1v) is 13.9.